The first-order chi connectivity index (χ1) is 17.5. The first kappa shape index (κ1) is 26.2. The Morgan fingerprint density at radius 2 is 1.73 bits per heavy atom. The van der Waals surface area contributed by atoms with Gasteiger partial charge in [-0.15, -0.1) is 0 Å². The SMILES string of the molecule is CCc1c(OCCCCN2C(=O)N(C)C(C)(c3ccccc3)C2=O)ccc2c(C(F)(F)F)cc(=O)oc12. The van der Waals surface area contributed by atoms with E-state index in [9.17, 15) is 27.6 Å². The summed E-state index contributed by atoms with van der Waals surface area (Å²) in [6.45, 7) is 3.85. The number of alkyl halides is 3. The Bertz CT molecular complexity index is 1390. The van der Waals surface area contributed by atoms with E-state index in [1.54, 1.807) is 20.9 Å². The molecule has 37 heavy (non-hydrogen) atoms. The van der Waals surface area contributed by atoms with Crippen LogP contribution in [0.2, 0.25) is 0 Å². The van der Waals surface area contributed by atoms with Crippen molar-refractivity contribution in [3.05, 3.63) is 75.6 Å². The zero-order valence-electron chi connectivity index (χ0n) is 20.7. The Kier molecular flexibility index (Phi) is 7.03. The summed E-state index contributed by atoms with van der Waals surface area (Å²) in [6, 6.07) is 11.8. The third kappa shape index (κ3) is 4.68. The maximum Gasteiger partial charge on any atom is 0.417 e. The second-order valence-electron chi connectivity index (χ2n) is 9.04. The highest BCUT2D eigenvalue weighted by Crippen LogP contribution is 2.38. The lowest BCUT2D eigenvalue weighted by Gasteiger charge is -2.28. The maximum atomic E-state index is 13.4. The Morgan fingerprint density at radius 1 is 1.03 bits per heavy atom. The molecular weight excluding hydrogens is 489 g/mol. The summed E-state index contributed by atoms with van der Waals surface area (Å²) in [6.07, 6.45) is -3.45. The molecule has 1 aromatic heterocycles. The van der Waals surface area contributed by atoms with Gasteiger partial charge in [0.05, 0.1) is 12.2 Å². The Balaban J connectivity index is 1.42. The number of urea groups is 1. The number of amides is 3. The van der Waals surface area contributed by atoms with E-state index >= 15 is 0 Å². The van der Waals surface area contributed by atoms with Crippen molar-refractivity contribution in [1.82, 2.24) is 9.80 Å². The van der Waals surface area contributed by atoms with Crippen LogP contribution in [0.15, 0.2) is 57.7 Å². The van der Waals surface area contributed by atoms with Crippen LogP contribution in [-0.4, -0.2) is 41.9 Å². The molecule has 4 rings (SSSR count). The Hall–Kier alpha value is -3.82. The number of ether oxygens (including phenoxy) is 1. The molecular formula is C27H27F3N2O5. The predicted octanol–water partition coefficient (Wildman–Crippen LogP) is 5.34. The van der Waals surface area contributed by atoms with Gasteiger partial charge in [-0.3, -0.25) is 9.69 Å². The lowest BCUT2D eigenvalue weighted by atomic mass is 9.91. The minimum Gasteiger partial charge on any atom is -0.493 e. The molecule has 3 amide bonds. The molecule has 0 saturated carbocycles. The van der Waals surface area contributed by atoms with Crippen LogP contribution >= 0.6 is 0 Å². The topological polar surface area (TPSA) is 80.1 Å². The molecule has 196 valence electrons. The number of hydrogen-bond donors (Lipinski definition) is 0. The minimum atomic E-state index is -4.70. The number of imide groups is 1. The van der Waals surface area contributed by atoms with E-state index in [1.807, 2.05) is 30.3 Å². The largest absolute Gasteiger partial charge is 0.493 e. The molecule has 1 aliphatic rings. The van der Waals surface area contributed by atoms with E-state index in [2.05, 4.69) is 0 Å². The first-order valence-corrected chi connectivity index (χ1v) is 11.9. The average Bonchev–Trinajstić information content (AvgIpc) is 3.03. The van der Waals surface area contributed by atoms with Crippen molar-refractivity contribution in [2.24, 2.45) is 0 Å². The summed E-state index contributed by atoms with van der Waals surface area (Å²) >= 11 is 0. The van der Waals surface area contributed by atoms with Gasteiger partial charge in [-0.25, -0.2) is 9.59 Å². The van der Waals surface area contributed by atoms with E-state index in [-0.39, 0.29) is 42.5 Å². The molecule has 1 unspecified atom stereocenters. The molecule has 3 aromatic rings. The number of likely N-dealkylation sites (N-methyl/N-ethyl adjacent to an activating group) is 1. The summed E-state index contributed by atoms with van der Waals surface area (Å²) < 4.78 is 51.2. The molecule has 0 N–H and O–H groups in total. The standard InChI is InChI=1S/C27H27F3N2O5/c1-4-18-21(13-12-19-20(27(28,29)30)16-22(33)37-23(18)19)36-15-9-8-14-32-24(34)26(2,31(3)25(32)35)17-10-6-5-7-11-17/h5-7,10-13,16H,4,8-9,14-15H2,1-3H3. The van der Waals surface area contributed by atoms with Gasteiger partial charge in [-0.05, 0) is 43.9 Å². The van der Waals surface area contributed by atoms with Crippen LogP contribution in [0, 0.1) is 0 Å². The van der Waals surface area contributed by atoms with Crippen LogP contribution in [0.3, 0.4) is 0 Å². The number of unbranched alkanes of at least 4 members (excludes halogenated alkanes) is 1. The van der Waals surface area contributed by atoms with Crippen molar-refractivity contribution in [1.29, 1.82) is 0 Å². The van der Waals surface area contributed by atoms with Crippen LogP contribution in [0.1, 0.15) is 43.4 Å². The van der Waals surface area contributed by atoms with Gasteiger partial charge in [0, 0.05) is 30.6 Å². The number of fused-ring (bicyclic) bond motifs is 1. The molecule has 2 aromatic carbocycles. The third-order valence-corrected chi connectivity index (χ3v) is 6.85. The van der Waals surface area contributed by atoms with Gasteiger partial charge < -0.3 is 14.1 Å². The normalized spacial score (nSPS) is 18.2. The van der Waals surface area contributed by atoms with Gasteiger partial charge in [-0.2, -0.15) is 13.2 Å². The van der Waals surface area contributed by atoms with E-state index in [1.165, 1.54) is 21.9 Å². The van der Waals surface area contributed by atoms with Gasteiger partial charge in [0.1, 0.15) is 16.9 Å². The molecule has 10 heteroatoms. The average molecular weight is 517 g/mol. The monoisotopic (exact) mass is 516 g/mol. The molecule has 7 nitrogen and oxygen atoms in total. The van der Waals surface area contributed by atoms with Crippen molar-refractivity contribution in [2.45, 2.75) is 44.8 Å². The molecule has 0 radical (unpaired) electrons. The zero-order chi connectivity index (χ0) is 27.0. The molecule has 1 aliphatic heterocycles. The van der Waals surface area contributed by atoms with Crippen molar-refractivity contribution in [2.75, 3.05) is 20.2 Å². The predicted molar refractivity (Wildman–Crippen MR) is 130 cm³/mol. The summed E-state index contributed by atoms with van der Waals surface area (Å²) in [5.74, 6) is 0.0209. The van der Waals surface area contributed by atoms with Gasteiger partial charge in [0.2, 0.25) is 0 Å². The van der Waals surface area contributed by atoms with Crippen LogP contribution in [-0.2, 0) is 22.9 Å². The molecule has 2 heterocycles. The number of carbonyl (C=O) groups is 2. The fourth-order valence-corrected chi connectivity index (χ4v) is 4.67. The number of benzene rings is 2. The molecule has 0 bridgehead atoms. The van der Waals surface area contributed by atoms with Crippen molar-refractivity contribution >= 4 is 22.9 Å². The summed E-state index contributed by atoms with van der Waals surface area (Å²) in [4.78, 5) is 40.5. The maximum absolute atomic E-state index is 13.4. The van der Waals surface area contributed by atoms with Crippen LogP contribution in [0.5, 0.6) is 5.75 Å². The second kappa shape index (κ2) is 9.91. The van der Waals surface area contributed by atoms with E-state index in [4.69, 9.17) is 9.15 Å². The van der Waals surface area contributed by atoms with Crippen molar-refractivity contribution in [3.63, 3.8) is 0 Å². The third-order valence-electron chi connectivity index (χ3n) is 6.85. The summed E-state index contributed by atoms with van der Waals surface area (Å²) in [7, 11) is 1.60. The number of hydrogen-bond acceptors (Lipinski definition) is 5. The lowest BCUT2D eigenvalue weighted by molar-refractivity contribution is -0.136. The fraction of sp³-hybridized carbons (Fsp3) is 0.370. The molecule has 1 saturated heterocycles. The Labute approximate surface area is 211 Å². The van der Waals surface area contributed by atoms with Gasteiger partial charge in [0.15, 0.2) is 0 Å². The number of nitrogens with zero attached hydrogens (tertiary/aromatic N) is 2. The van der Waals surface area contributed by atoms with E-state index in [0.29, 0.717) is 30.2 Å². The minimum absolute atomic E-state index is 0.142. The number of halogens is 3. The van der Waals surface area contributed by atoms with Crippen LogP contribution in [0.4, 0.5) is 18.0 Å². The van der Waals surface area contributed by atoms with Gasteiger partial charge >= 0.3 is 17.8 Å². The molecule has 1 fully saturated rings. The molecule has 0 spiro atoms. The van der Waals surface area contributed by atoms with Gasteiger partial charge in [0.25, 0.3) is 5.91 Å². The van der Waals surface area contributed by atoms with Crippen molar-refractivity contribution < 1.29 is 31.9 Å². The van der Waals surface area contributed by atoms with E-state index in [0.717, 1.165) is 5.56 Å². The number of aryl methyl sites for hydroxylation is 1. The molecule has 0 aliphatic carbocycles. The quantitative estimate of drug-likeness (QED) is 0.229. The molecule has 1 atom stereocenters. The fourth-order valence-electron chi connectivity index (χ4n) is 4.67. The van der Waals surface area contributed by atoms with Crippen LogP contribution in [0.25, 0.3) is 11.0 Å². The van der Waals surface area contributed by atoms with Crippen molar-refractivity contribution in [3.8, 4) is 5.75 Å². The number of carbonyl (C=O) groups excluding carboxylic acids is 2. The highest BCUT2D eigenvalue weighted by molar-refractivity contribution is 6.07. The second-order valence-corrected chi connectivity index (χ2v) is 9.04. The van der Waals surface area contributed by atoms with E-state index < -0.39 is 22.9 Å². The zero-order valence-corrected chi connectivity index (χ0v) is 20.7. The lowest BCUT2D eigenvalue weighted by Crippen LogP contribution is -2.42. The highest BCUT2D eigenvalue weighted by atomic mass is 19.4. The first-order valence-electron chi connectivity index (χ1n) is 11.9. The summed E-state index contributed by atoms with van der Waals surface area (Å²) in [5, 5.41) is -0.201. The van der Waals surface area contributed by atoms with Gasteiger partial charge in [-0.1, -0.05) is 37.3 Å². The Morgan fingerprint density at radius 3 is 2.38 bits per heavy atom. The highest BCUT2D eigenvalue weighted by Gasteiger charge is 2.53. The summed E-state index contributed by atoms with van der Waals surface area (Å²) in [5.41, 5.74) is -2.27. The smallest absolute Gasteiger partial charge is 0.417 e. The number of rotatable bonds is 8. The van der Waals surface area contributed by atoms with Crippen LogP contribution < -0.4 is 10.4 Å².